The van der Waals surface area contributed by atoms with E-state index in [1.165, 1.54) is 43.4 Å². The number of ether oxygens (including phenoxy) is 1. The van der Waals surface area contributed by atoms with Crippen LogP contribution in [0.3, 0.4) is 0 Å². The molecule has 0 amide bonds. The molecule has 26 heavy (non-hydrogen) atoms. The van der Waals surface area contributed by atoms with E-state index in [0.29, 0.717) is 0 Å². The highest BCUT2D eigenvalue weighted by molar-refractivity contribution is 7.14. The van der Waals surface area contributed by atoms with Gasteiger partial charge in [-0.2, -0.15) is 0 Å². The summed E-state index contributed by atoms with van der Waals surface area (Å²) >= 11 is 1.47. The number of methoxy groups -OCH3 is 1. The maximum absolute atomic E-state index is 12.3. The van der Waals surface area contributed by atoms with Crippen molar-refractivity contribution in [2.24, 2.45) is 5.92 Å². The molecule has 0 unspecified atom stereocenters. The van der Waals surface area contributed by atoms with Crippen LogP contribution in [-0.4, -0.2) is 12.9 Å². The molecule has 2 aromatic rings. The Hall–Kier alpha value is -2.31. The van der Waals surface area contributed by atoms with Crippen LogP contribution in [0.15, 0.2) is 42.5 Å². The van der Waals surface area contributed by atoms with Crippen LogP contribution in [0.25, 0.3) is 6.08 Å². The molecule has 3 rings (SSSR count). The first-order chi connectivity index (χ1) is 12.7. The second-order valence-corrected chi connectivity index (χ2v) is 7.73. The molecule has 1 saturated carbocycles. The van der Waals surface area contributed by atoms with E-state index in [9.17, 15) is 4.79 Å². The van der Waals surface area contributed by atoms with Crippen molar-refractivity contribution < 1.29 is 9.53 Å². The third-order valence-corrected chi connectivity index (χ3v) is 5.73. The Bertz CT molecular complexity index is 812. The van der Waals surface area contributed by atoms with E-state index in [1.54, 1.807) is 13.2 Å². The van der Waals surface area contributed by atoms with Crippen molar-refractivity contribution in [3.05, 3.63) is 57.8 Å². The van der Waals surface area contributed by atoms with E-state index >= 15 is 0 Å². The Morgan fingerprint density at radius 1 is 1.15 bits per heavy atom. The van der Waals surface area contributed by atoms with Gasteiger partial charge in [-0.3, -0.25) is 4.79 Å². The molecule has 134 valence electrons. The highest BCUT2D eigenvalue weighted by Crippen LogP contribution is 2.26. The average Bonchev–Trinajstić information content (AvgIpc) is 3.16. The first kappa shape index (κ1) is 18.5. The lowest BCUT2D eigenvalue weighted by Crippen LogP contribution is -2.04. The van der Waals surface area contributed by atoms with E-state index < -0.39 is 0 Å². The van der Waals surface area contributed by atoms with Crippen molar-refractivity contribution >= 4 is 23.2 Å². The first-order valence-electron chi connectivity index (χ1n) is 9.20. The van der Waals surface area contributed by atoms with E-state index in [-0.39, 0.29) is 5.78 Å². The number of ketones is 1. The smallest absolute Gasteiger partial charge is 0.195 e. The number of hydrogen-bond acceptors (Lipinski definition) is 3. The number of benzene rings is 1. The predicted octanol–water partition coefficient (Wildman–Crippen LogP) is 5.97. The quantitative estimate of drug-likeness (QED) is 0.371. The molecule has 3 heteroatoms. The van der Waals surface area contributed by atoms with Gasteiger partial charge in [0.2, 0.25) is 0 Å². The molecule has 0 radical (unpaired) electrons. The Kier molecular flexibility index (Phi) is 6.68. The monoisotopic (exact) mass is 364 g/mol. The molecule has 0 aliphatic heterocycles. The normalized spacial score (nSPS) is 14.8. The maximum Gasteiger partial charge on any atom is 0.195 e. The van der Waals surface area contributed by atoms with E-state index in [1.807, 2.05) is 42.5 Å². The fourth-order valence-corrected chi connectivity index (χ4v) is 3.98. The predicted molar refractivity (Wildman–Crippen MR) is 109 cm³/mol. The molecule has 1 aromatic carbocycles. The third-order valence-electron chi connectivity index (χ3n) is 4.72. The average molecular weight is 365 g/mol. The van der Waals surface area contributed by atoms with Gasteiger partial charge >= 0.3 is 0 Å². The molecule has 1 aliphatic carbocycles. The summed E-state index contributed by atoms with van der Waals surface area (Å²) in [6, 6.07) is 11.5. The number of carbonyl (C=O) groups excluding carboxylic acids is 1. The van der Waals surface area contributed by atoms with Crippen LogP contribution in [0.1, 0.15) is 58.6 Å². The number of rotatable bonds is 5. The fourth-order valence-electron chi connectivity index (χ4n) is 3.18. The molecule has 0 saturated heterocycles. The van der Waals surface area contributed by atoms with Gasteiger partial charge in [-0.05, 0) is 54.7 Å². The van der Waals surface area contributed by atoms with Gasteiger partial charge in [0, 0.05) is 6.42 Å². The van der Waals surface area contributed by atoms with Gasteiger partial charge in [-0.25, -0.2) is 0 Å². The second-order valence-electron chi connectivity index (χ2n) is 6.64. The lowest BCUT2D eigenvalue weighted by atomic mass is 9.87. The van der Waals surface area contributed by atoms with Gasteiger partial charge in [0.1, 0.15) is 5.75 Å². The summed E-state index contributed by atoms with van der Waals surface area (Å²) in [6.45, 7) is 0. The van der Waals surface area contributed by atoms with Crippen LogP contribution in [0.4, 0.5) is 0 Å². The topological polar surface area (TPSA) is 26.3 Å². The van der Waals surface area contributed by atoms with Gasteiger partial charge in [-0.15, -0.1) is 11.3 Å². The summed E-state index contributed by atoms with van der Waals surface area (Å²) in [5.41, 5.74) is 0.975. The fraction of sp³-hybridized carbons (Fsp3) is 0.348. The second kappa shape index (κ2) is 9.40. The lowest BCUT2D eigenvalue weighted by molar-refractivity contribution is 0.105. The van der Waals surface area contributed by atoms with Crippen LogP contribution in [0, 0.1) is 17.8 Å². The van der Waals surface area contributed by atoms with Gasteiger partial charge in [0.25, 0.3) is 0 Å². The van der Waals surface area contributed by atoms with Crippen molar-refractivity contribution in [1.82, 2.24) is 0 Å². The third kappa shape index (κ3) is 5.34. The molecular weight excluding hydrogens is 340 g/mol. The number of thiophene rings is 1. The standard InChI is InChI=1S/C23H24O2S/c1-25-20-13-10-19(11-14-20)12-16-22(24)23-17-15-21(26-23)9-5-8-18-6-3-2-4-7-18/h10-18H,2-4,6-8H2,1H3/b16-12+. The highest BCUT2D eigenvalue weighted by Gasteiger charge is 2.11. The molecule has 1 heterocycles. The zero-order chi connectivity index (χ0) is 18.2. The zero-order valence-corrected chi connectivity index (χ0v) is 16.0. The molecule has 1 aromatic heterocycles. The van der Waals surface area contributed by atoms with Crippen molar-refractivity contribution in [2.45, 2.75) is 38.5 Å². The first-order valence-corrected chi connectivity index (χ1v) is 10.0. The summed E-state index contributed by atoms with van der Waals surface area (Å²) in [5, 5.41) is 0. The summed E-state index contributed by atoms with van der Waals surface area (Å²) in [7, 11) is 1.64. The maximum atomic E-state index is 12.3. The van der Waals surface area contributed by atoms with E-state index in [2.05, 4.69) is 11.8 Å². The van der Waals surface area contributed by atoms with Gasteiger partial charge in [-0.1, -0.05) is 49.3 Å². The molecular formula is C23H24O2S. The Labute approximate surface area is 159 Å². The molecule has 2 nitrogen and oxygen atoms in total. The minimum atomic E-state index is 0.0196. The Morgan fingerprint density at radius 3 is 2.65 bits per heavy atom. The molecule has 0 spiro atoms. The molecule has 1 fully saturated rings. The number of hydrogen-bond donors (Lipinski definition) is 0. The van der Waals surface area contributed by atoms with Gasteiger partial charge in [0.15, 0.2) is 5.78 Å². The zero-order valence-electron chi connectivity index (χ0n) is 15.2. The number of carbonyl (C=O) groups is 1. The van der Waals surface area contributed by atoms with Gasteiger partial charge < -0.3 is 4.74 Å². The van der Waals surface area contributed by atoms with Crippen LogP contribution < -0.4 is 4.74 Å². The van der Waals surface area contributed by atoms with Crippen molar-refractivity contribution in [1.29, 1.82) is 0 Å². The minimum Gasteiger partial charge on any atom is -0.497 e. The summed E-state index contributed by atoms with van der Waals surface area (Å²) in [4.78, 5) is 14.0. The molecule has 1 aliphatic rings. The molecule has 0 N–H and O–H groups in total. The number of allylic oxidation sites excluding steroid dienone is 1. The van der Waals surface area contributed by atoms with Crippen LogP contribution in [0.5, 0.6) is 5.75 Å². The molecule has 0 bridgehead atoms. The van der Waals surface area contributed by atoms with E-state index in [0.717, 1.165) is 33.4 Å². The van der Waals surface area contributed by atoms with Crippen molar-refractivity contribution in [3.63, 3.8) is 0 Å². The molecule has 0 atom stereocenters. The SMILES string of the molecule is COc1ccc(/C=C/C(=O)c2ccc(C#CCC3CCCCC3)s2)cc1. The Morgan fingerprint density at radius 2 is 1.92 bits per heavy atom. The Balaban J connectivity index is 1.56. The van der Waals surface area contributed by atoms with Crippen molar-refractivity contribution in [2.75, 3.05) is 7.11 Å². The highest BCUT2D eigenvalue weighted by atomic mass is 32.1. The minimum absolute atomic E-state index is 0.0196. The summed E-state index contributed by atoms with van der Waals surface area (Å²) in [6.07, 6.45) is 11.2. The van der Waals surface area contributed by atoms with E-state index in [4.69, 9.17) is 4.74 Å². The van der Waals surface area contributed by atoms with Crippen LogP contribution in [-0.2, 0) is 0 Å². The lowest BCUT2D eigenvalue weighted by Gasteiger charge is -2.18. The summed E-state index contributed by atoms with van der Waals surface area (Å²) in [5.74, 6) is 8.14. The largest absolute Gasteiger partial charge is 0.497 e. The van der Waals surface area contributed by atoms with Gasteiger partial charge in [0.05, 0.1) is 16.9 Å². The van der Waals surface area contributed by atoms with Crippen LogP contribution >= 0.6 is 11.3 Å². The van der Waals surface area contributed by atoms with Crippen LogP contribution in [0.2, 0.25) is 0 Å². The van der Waals surface area contributed by atoms with Crippen molar-refractivity contribution in [3.8, 4) is 17.6 Å². The summed E-state index contributed by atoms with van der Waals surface area (Å²) < 4.78 is 5.14.